The molecule has 0 radical (unpaired) electrons. The zero-order valence-electron chi connectivity index (χ0n) is 14.3. The highest BCUT2D eigenvalue weighted by molar-refractivity contribution is 6.32. The highest BCUT2D eigenvalue weighted by atomic mass is 35.5. The molecular formula is C18H18ClN3O4. The zero-order valence-corrected chi connectivity index (χ0v) is 15.1. The SMILES string of the molecule is CC(C)c1ccc(OCC(=O)N/N=C/c2ccc(Cl)c([N+](=O)[O-])c2)cc1. The summed E-state index contributed by atoms with van der Waals surface area (Å²) >= 11 is 5.73. The van der Waals surface area contributed by atoms with Crippen LogP contribution in [0.15, 0.2) is 47.6 Å². The number of nitro benzene ring substituents is 1. The van der Waals surface area contributed by atoms with E-state index in [1.807, 2.05) is 12.1 Å². The maximum absolute atomic E-state index is 11.7. The Morgan fingerprint density at radius 1 is 1.31 bits per heavy atom. The predicted molar refractivity (Wildman–Crippen MR) is 99.9 cm³/mol. The van der Waals surface area contributed by atoms with Gasteiger partial charge in [0.2, 0.25) is 0 Å². The topological polar surface area (TPSA) is 93.8 Å². The lowest BCUT2D eigenvalue weighted by Crippen LogP contribution is -2.24. The molecular weight excluding hydrogens is 358 g/mol. The number of carbonyl (C=O) groups is 1. The quantitative estimate of drug-likeness (QED) is 0.451. The number of ether oxygens (including phenoxy) is 1. The van der Waals surface area contributed by atoms with E-state index < -0.39 is 10.8 Å². The molecule has 2 aromatic rings. The molecule has 1 amide bonds. The second-order valence-corrected chi connectivity index (χ2v) is 6.18. The largest absolute Gasteiger partial charge is 0.484 e. The number of rotatable bonds is 7. The van der Waals surface area contributed by atoms with E-state index in [9.17, 15) is 14.9 Å². The van der Waals surface area contributed by atoms with Gasteiger partial charge in [-0.2, -0.15) is 5.10 Å². The van der Waals surface area contributed by atoms with Crippen LogP contribution in [0, 0.1) is 10.1 Å². The van der Waals surface area contributed by atoms with Gasteiger partial charge in [0.1, 0.15) is 10.8 Å². The number of nitro groups is 1. The van der Waals surface area contributed by atoms with Gasteiger partial charge in [0.25, 0.3) is 11.6 Å². The lowest BCUT2D eigenvalue weighted by molar-refractivity contribution is -0.384. The van der Waals surface area contributed by atoms with Gasteiger partial charge in [-0.15, -0.1) is 0 Å². The summed E-state index contributed by atoms with van der Waals surface area (Å²) in [6, 6.07) is 11.7. The third-order valence-electron chi connectivity index (χ3n) is 3.49. The van der Waals surface area contributed by atoms with Crippen molar-refractivity contribution in [1.82, 2.24) is 5.43 Å². The minimum atomic E-state index is -0.587. The summed E-state index contributed by atoms with van der Waals surface area (Å²) in [7, 11) is 0. The predicted octanol–water partition coefficient (Wildman–Crippen LogP) is 3.90. The summed E-state index contributed by atoms with van der Waals surface area (Å²) in [5.41, 5.74) is 3.69. The Kier molecular flexibility index (Phi) is 6.68. The molecule has 0 fully saturated rings. The number of nitrogens with one attached hydrogen (secondary N) is 1. The van der Waals surface area contributed by atoms with Crippen LogP contribution < -0.4 is 10.2 Å². The van der Waals surface area contributed by atoms with Crippen LogP contribution >= 0.6 is 11.6 Å². The van der Waals surface area contributed by atoms with Crippen LogP contribution in [0.3, 0.4) is 0 Å². The van der Waals surface area contributed by atoms with Gasteiger partial charge in [-0.25, -0.2) is 5.43 Å². The van der Waals surface area contributed by atoms with Crippen molar-refractivity contribution in [2.24, 2.45) is 5.10 Å². The summed E-state index contributed by atoms with van der Waals surface area (Å²) in [6.07, 6.45) is 1.29. The first-order valence-electron chi connectivity index (χ1n) is 7.85. The molecule has 0 aliphatic heterocycles. The highest BCUT2D eigenvalue weighted by Crippen LogP contribution is 2.24. The molecule has 0 aliphatic rings. The van der Waals surface area contributed by atoms with E-state index in [4.69, 9.17) is 16.3 Å². The van der Waals surface area contributed by atoms with E-state index in [-0.39, 0.29) is 17.3 Å². The first kappa shape index (κ1) is 19.4. The Morgan fingerprint density at radius 2 is 2.00 bits per heavy atom. The zero-order chi connectivity index (χ0) is 19.1. The highest BCUT2D eigenvalue weighted by Gasteiger charge is 2.11. The molecule has 0 spiro atoms. The van der Waals surface area contributed by atoms with E-state index in [0.717, 1.165) is 0 Å². The Morgan fingerprint density at radius 3 is 2.62 bits per heavy atom. The third kappa shape index (κ3) is 5.56. The smallest absolute Gasteiger partial charge is 0.288 e. The van der Waals surface area contributed by atoms with E-state index in [0.29, 0.717) is 17.2 Å². The minimum Gasteiger partial charge on any atom is -0.484 e. The number of benzene rings is 2. The lowest BCUT2D eigenvalue weighted by atomic mass is 10.0. The van der Waals surface area contributed by atoms with Crippen LogP contribution in [-0.2, 0) is 4.79 Å². The Balaban J connectivity index is 1.85. The van der Waals surface area contributed by atoms with Gasteiger partial charge in [-0.1, -0.05) is 43.6 Å². The van der Waals surface area contributed by atoms with Gasteiger partial charge in [0, 0.05) is 11.6 Å². The minimum absolute atomic E-state index is 0.0353. The molecule has 0 saturated carbocycles. The maximum atomic E-state index is 11.7. The summed E-state index contributed by atoms with van der Waals surface area (Å²) in [4.78, 5) is 22.0. The lowest BCUT2D eigenvalue weighted by Gasteiger charge is -2.08. The van der Waals surface area contributed by atoms with Crippen molar-refractivity contribution >= 4 is 29.4 Å². The fourth-order valence-corrected chi connectivity index (χ4v) is 2.25. The summed E-state index contributed by atoms with van der Waals surface area (Å²) < 4.78 is 5.38. The van der Waals surface area contributed by atoms with Gasteiger partial charge >= 0.3 is 0 Å². The summed E-state index contributed by atoms with van der Waals surface area (Å²) in [5, 5.41) is 14.6. The molecule has 8 heteroatoms. The molecule has 7 nitrogen and oxygen atoms in total. The standard InChI is InChI=1S/C18H18ClN3O4/c1-12(2)14-4-6-15(7-5-14)26-11-18(23)21-20-10-13-3-8-16(19)17(9-13)22(24)25/h3-10,12H,11H2,1-2H3,(H,21,23)/b20-10+. The molecule has 1 N–H and O–H groups in total. The number of hydrogen-bond donors (Lipinski definition) is 1. The van der Waals surface area contributed by atoms with Gasteiger partial charge in [0.05, 0.1) is 11.1 Å². The van der Waals surface area contributed by atoms with Crippen molar-refractivity contribution in [3.05, 3.63) is 68.7 Å². The summed E-state index contributed by atoms with van der Waals surface area (Å²) in [5.74, 6) is 0.560. The van der Waals surface area contributed by atoms with Gasteiger partial charge < -0.3 is 4.74 Å². The monoisotopic (exact) mass is 375 g/mol. The number of carbonyl (C=O) groups excluding carboxylic acids is 1. The number of nitrogens with zero attached hydrogens (tertiary/aromatic N) is 2. The fraction of sp³-hybridized carbons (Fsp3) is 0.222. The van der Waals surface area contributed by atoms with E-state index in [1.54, 1.807) is 18.2 Å². The molecule has 0 atom stereocenters. The molecule has 0 saturated heterocycles. The maximum Gasteiger partial charge on any atom is 0.288 e. The Bertz CT molecular complexity index is 820. The van der Waals surface area contributed by atoms with Crippen molar-refractivity contribution in [3.8, 4) is 5.75 Å². The molecule has 2 rings (SSSR count). The Labute approximate surface area is 155 Å². The van der Waals surface area contributed by atoms with E-state index in [2.05, 4.69) is 24.4 Å². The van der Waals surface area contributed by atoms with Crippen molar-refractivity contribution in [2.75, 3.05) is 6.61 Å². The Hall–Kier alpha value is -2.93. The van der Waals surface area contributed by atoms with E-state index in [1.165, 1.54) is 23.9 Å². The number of hydrogen-bond acceptors (Lipinski definition) is 5. The van der Waals surface area contributed by atoms with Gasteiger partial charge in [-0.3, -0.25) is 14.9 Å². The van der Waals surface area contributed by atoms with Crippen LogP contribution in [0.25, 0.3) is 0 Å². The van der Waals surface area contributed by atoms with Crippen molar-refractivity contribution in [1.29, 1.82) is 0 Å². The van der Waals surface area contributed by atoms with Crippen LogP contribution in [0.4, 0.5) is 5.69 Å². The van der Waals surface area contributed by atoms with Crippen LogP contribution in [0.5, 0.6) is 5.75 Å². The summed E-state index contributed by atoms with van der Waals surface area (Å²) in [6.45, 7) is 3.99. The molecule has 0 aliphatic carbocycles. The van der Waals surface area contributed by atoms with Crippen molar-refractivity contribution < 1.29 is 14.5 Å². The molecule has 0 bridgehead atoms. The second kappa shape index (κ2) is 8.96. The third-order valence-corrected chi connectivity index (χ3v) is 3.81. The van der Waals surface area contributed by atoms with Crippen LogP contribution in [0.2, 0.25) is 5.02 Å². The molecule has 0 aromatic heterocycles. The number of halogens is 1. The molecule has 0 heterocycles. The molecule has 2 aromatic carbocycles. The van der Waals surface area contributed by atoms with E-state index >= 15 is 0 Å². The molecule has 26 heavy (non-hydrogen) atoms. The van der Waals surface area contributed by atoms with Crippen molar-refractivity contribution in [2.45, 2.75) is 19.8 Å². The second-order valence-electron chi connectivity index (χ2n) is 5.77. The number of hydrazone groups is 1. The first-order valence-corrected chi connectivity index (χ1v) is 8.23. The number of amides is 1. The van der Waals surface area contributed by atoms with Crippen LogP contribution in [-0.4, -0.2) is 23.7 Å². The van der Waals surface area contributed by atoms with Gasteiger partial charge in [-0.05, 0) is 29.7 Å². The fourth-order valence-electron chi connectivity index (χ4n) is 2.06. The first-order chi connectivity index (χ1) is 12.4. The normalized spacial score (nSPS) is 10.9. The molecule has 0 unspecified atom stereocenters. The molecule has 136 valence electrons. The average Bonchev–Trinajstić information content (AvgIpc) is 2.61. The van der Waals surface area contributed by atoms with Crippen LogP contribution in [0.1, 0.15) is 30.9 Å². The van der Waals surface area contributed by atoms with Crippen molar-refractivity contribution in [3.63, 3.8) is 0 Å². The average molecular weight is 376 g/mol. The van der Waals surface area contributed by atoms with Gasteiger partial charge in [0.15, 0.2) is 6.61 Å².